The van der Waals surface area contributed by atoms with Gasteiger partial charge in [0.1, 0.15) is 11.6 Å². The minimum Gasteiger partial charge on any atom is -0.360 e. The predicted molar refractivity (Wildman–Crippen MR) is 96.1 cm³/mol. The Morgan fingerprint density at radius 3 is 2.56 bits per heavy atom. The second-order valence-electron chi connectivity index (χ2n) is 5.80. The molecule has 0 atom stereocenters. The lowest BCUT2D eigenvalue weighted by Gasteiger charge is -2.27. The number of nitrogens with one attached hydrogen (secondary N) is 3. The van der Waals surface area contributed by atoms with Gasteiger partial charge in [0.15, 0.2) is 5.78 Å². The summed E-state index contributed by atoms with van der Waals surface area (Å²) < 4.78 is 0. The summed E-state index contributed by atoms with van der Waals surface area (Å²) in [6.45, 7) is 6.63. The van der Waals surface area contributed by atoms with Crippen LogP contribution in [-0.4, -0.2) is 55.9 Å². The summed E-state index contributed by atoms with van der Waals surface area (Å²) in [6, 6.07) is 8.74. The SMILES string of the molecule is CC(=O)c1ccc(N/C=C(/C#N)C(=O)NCCN2CCNCC2)cc1. The van der Waals surface area contributed by atoms with E-state index in [4.69, 9.17) is 5.26 Å². The Balaban J connectivity index is 1.82. The average Bonchev–Trinajstić information content (AvgIpc) is 2.63. The number of nitrogens with zero attached hydrogens (tertiary/aromatic N) is 2. The number of rotatable bonds is 7. The van der Waals surface area contributed by atoms with Crippen molar-refractivity contribution >= 4 is 17.4 Å². The number of nitriles is 1. The topological polar surface area (TPSA) is 97.3 Å². The molecule has 1 amide bonds. The molecule has 0 radical (unpaired) electrons. The number of ketones is 1. The van der Waals surface area contributed by atoms with Gasteiger partial charge in [0.05, 0.1) is 0 Å². The molecule has 1 heterocycles. The van der Waals surface area contributed by atoms with E-state index in [9.17, 15) is 9.59 Å². The number of benzene rings is 1. The highest BCUT2D eigenvalue weighted by atomic mass is 16.1. The lowest BCUT2D eigenvalue weighted by Crippen LogP contribution is -2.46. The van der Waals surface area contributed by atoms with E-state index in [1.165, 1.54) is 13.1 Å². The van der Waals surface area contributed by atoms with Gasteiger partial charge < -0.3 is 16.0 Å². The first-order chi connectivity index (χ1) is 12.1. The van der Waals surface area contributed by atoms with Gasteiger partial charge in [0.2, 0.25) is 0 Å². The van der Waals surface area contributed by atoms with Crippen molar-refractivity contribution in [2.24, 2.45) is 0 Å². The van der Waals surface area contributed by atoms with Crippen LogP contribution in [0.5, 0.6) is 0 Å². The van der Waals surface area contributed by atoms with Crippen molar-refractivity contribution in [2.75, 3.05) is 44.6 Å². The zero-order chi connectivity index (χ0) is 18.1. The van der Waals surface area contributed by atoms with Crippen molar-refractivity contribution < 1.29 is 9.59 Å². The molecule has 0 aliphatic carbocycles. The van der Waals surface area contributed by atoms with Crippen LogP contribution in [0.3, 0.4) is 0 Å². The Morgan fingerprint density at radius 1 is 1.28 bits per heavy atom. The molecule has 25 heavy (non-hydrogen) atoms. The van der Waals surface area contributed by atoms with E-state index in [2.05, 4.69) is 20.9 Å². The van der Waals surface area contributed by atoms with Crippen LogP contribution in [0.1, 0.15) is 17.3 Å². The van der Waals surface area contributed by atoms with Crippen molar-refractivity contribution in [2.45, 2.75) is 6.92 Å². The molecule has 0 spiro atoms. The Bertz CT molecular complexity index is 670. The van der Waals surface area contributed by atoms with E-state index >= 15 is 0 Å². The van der Waals surface area contributed by atoms with Gasteiger partial charge in [-0.3, -0.25) is 14.5 Å². The van der Waals surface area contributed by atoms with Crippen molar-refractivity contribution in [1.82, 2.24) is 15.5 Å². The van der Waals surface area contributed by atoms with Crippen LogP contribution in [-0.2, 0) is 4.79 Å². The number of piperazine rings is 1. The lowest BCUT2D eigenvalue weighted by molar-refractivity contribution is -0.117. The molecule has 0 bridgehead atoms. The van der Waals surface area contributed by atoms with E-state index in [-0.39, 0.29) is 11.4 Å². The molecule has 0 saturated carbocycles. The molecule has 1 aromatic rings. The number of Topliss-reactive ketones (excluding diaryl/α,β-unsaturated/α-hetero) is 1. The zero-order valence-electron chi connectivity index (χ0n) is 14.3. The fourth-order valence-corrected chi connectivity index (χ4v) is 2.46. The predicted octanol–water partition coefficient (Wildman–Crippen LogP) is 0.730. The first kappa shape index (κ1) is 18.6. The molecule has 2 rings (SSSR count). The number of amides is 1. The fourth-order valence-electron chi connectivity index (χ4n) is 2.46. The smallest absolute Gasteiger partial charge is 0.263 e. The number of hydrogen-bond acceptors (Lipinski definition) is 6. The largest absolute Gasteiger partial charge is 0.360 e. The van der Waals surface area contributed by atoms with Gasteiger partial charge in [0, 0.05) is 56.7 Å². The number of carbonyl (C=O) groups is 2. The lowest BCUT2D eigenvalue weighted by atomic mass is 10.1. The quantitative estimate of drug-likeness (QED) is 0.384. The molecule has 7 nitrogen and oxygen atoms in total. The van der Waals surface area contributed by atoms with E-state index in [0.29, 0.717) is 17.8 Å². The monoisotopic (exact) mass is 341 g/mol. The first-order valence-corrected chi connectivity index (χ1v) is 8.29. The molecule has 1 aromatic carbocycles. The van der Waals surface area contributed by atoms with Crippen molar-refractivity contribution in [3.8, 4) is 6.07 Å². The van der Waals surface area contributed by atoms with Crippen molar-refractivity contribution in [1.29, 1.82) is 5.26 Å². The Morgan fingerprint density at radius 2 is 1.96 bits per heavy atom. The fraction of sp³-hybridized carbons (Fsp3) is 0.389. The highest BCUT2D eigenvalue weighted by Gasteiger charge is 2.11. The maximum Gasteiger partial charge on any atom is 0.263 e. The van der Waals surface area contributed by atoms with Crippen LogP contribution in [0.4, 0.5) is 5.69 Å². The highest BCUT2D eigenvalue weighted by Crippen LogP contribution is 2.10. The maximum atomic E-state index is 12.1. The third kappa shape index (κ3) is 6.03. The molecule has 132 valence electrons. The Labute approximate surface area is 147 Å². The summed E-state index contributed by atoms with van der Waals surface area (Å²) in [7, 11) is 0. The summed E-state index contributed by atoms with van der Waals surface area (Å²) in [6.07, 6.45) is 1.38. The van der Waals surface area contributed by atoms with Crippen LogP contribution >= 0.6 is 0 Å². The molecule has 1 saturated heterocycles. The average molecular weight is 341 g/mol. The molecule has 3 N–H and O–H groups in total. The van der Waals surface area contributed by atoms with Gasteiger partial charge in [-0.1, -0.05) is 0 Å². The molecule has 0 aromatic heterocycles. The Hall–Kier alpha value is -2.69. The summed E-state index contributed by atoms with van der Waals surface area (Å²) >= 11 is 0. The summed E-state index contributed by atoms with van der Waals surface area (Å²) in [5.41, 5.74) is 1.32. The van der Waals surface area contributed by atoms with Gasteiger partial charge in [-0.25, -0.2) is 0 Å². The van der Waals surface area contributed by atoms with E-state index < -0.39 is 5.91 Å². The van der Waals surface area contributed by atoms with Crippen LogP contribution in [0.25, 0.3) is 0 Å². The van der Waals surface area contributed by atoms with Crippen LogP contribution in [0, 0.1) is 11.3 Å². The van der Waals surface area contributed by atoms with E-state index in [0.717, 1.165) is 32.7 Å². The Kier molecular flexibility index (Phi) is 7.14. The first-order valence-electron chi connectivity index (χ1n) is 8.29. The van der Waals surface area contributed by atoms with Crippen molar-refractivity contribution in [3.63, 3.8) is 0 Å². The molecular formula is C18H23N5O2. The number of carbonyl (C=O) groups excluding carboxylic acids is 2. The minimum atomic E-state index is -0.398. The van der Waals surface area contributed by atoms with E-state index in [1.54, 1.807) is 24.3 Å². The van der Waals surface area contributed by atoms with Gasteiger partial charge >= 0.3 is 0 Å². The van der Waals surface area contributed by atoms with Gasteiger partial charge in [0.25, 0.3) is 5.91 Å². The third-order valence-corrected chi connectivity index (χ3v) is 3.96. The van der Waals surface area contributed by atoms with Crippen LogP contribution in [0.2, 0.25) is 0 Å². The van der Waals surface area contributed by atoms with Gasteiger partial charge in [-0.15, -0.1) is 0 Å². The summed E-state index contributed by atoms with van der Waals surface area (Å²) in [4.78, 5) is 25.6. The minimum absolute atomic E-state index is 0.0101. The molecule has 1 aliphatic heterocycles. The molecule has 7 heteroatoms. The zero-order valence-corrected chi connectivity index (χ0v) is 14.3. The second kappa shape index (κ2) is 9.57. The van der Waals surface area contributed by atoms with Crippen LogP contribution in [0.15, 0.2) is 36.0 Å². The van der Waals surface area contributed by atoms with Gasteiger partial charge in [-0.2, -0.15) is 5.26 Å². The normalized spacial score (nSPS) is 15.3. The third-order valence-electron chi connectivity index (χ3n) is 3.96. The summed E-state index contributed by atoms with van der Waals surface area (Å²) in [5.74, 6) is -0.408. The number of hydrogen-bond donors (Lipinski definition) is 3. The van der Waals surface area contributed by atoms with Crippen LogP contribution < -0.4 is 16.0 Å². The number of anilines is 1. The highest BCUT2D eigenvalue weighted by molar-refractivity contribution is 5.97. The molecule has 1 aliphatic rings. The van der Waals surface area contributed by atoms with Crippen molar-refractivity contribution in [3.05, 3.63) is 41.6 Å². The molecule has 1 fully saturated rings. The maximum absolute atomic E-state index is 12.1. The standard InChI is InChI=1S/C18H23N5O2/c1-14(24)15-2-4-17(5-3-15)22-13-16(12-19)18(25)21-8-11-23-9-6-20-7-10-23/h2-5,13,20,22H,6-11H2,1H3,(H,21,25)/b16-13-. The summed E-state index contributed by atoms with van der Waals surface area (Å²) in [5, 5.41) is 18.1. The molecule has 0 unspecified atom stereocenters. The second-order valence-corrected chi connectivity index (χ2v) is 5.80. The van der Waals surface area contributed by atoms with Gasteiger partial charge in [-0.05, 0) is 31.2 Å². The van der Waals surface area contributed by atoms with E-state index in [1.807, 2.05) is 6.07 Å². The molecular weight excluding hydrogens is 318 g/mol.